The van der Waals surface area contributed by atoms with E-state index in [2.05, 4.69) is 102 Å². The van der Waals surface area contributed by atoms with E-state index in [9.17, 15) is 0 Å². The summed E-state index contributed by atoms with van der Waals surface area (Å²) in [7, 11) is 0. The number of thiophene rings is 1. The fraction of sp³-hybridized carbons (Fsp3) is 0. The van der Waals surface area contributed by atoms with Gasteiger partial charge in [-0.25, -0.2) is 0 Å². The number of rotatable bonds is 1. The molecule has 3 heteroatoms. The Bertz CT molecular complexity index is 2040. The summed E-state index contributed by atoms with van der Waals surface area (Å²) in [6.07, 6.45) is 0. The van der Waals surface area contributed by atoms with E-state index < -0.39 is 0 Å². The van der Waals surface area contributed by atoms with Crippen LogP contribution < -0.4 is 0 Å². The van der Waals surface area contributed by atoms with Gasteiger partial charge >= 0.3 is 0 Å². The molecule has 8 rings (SSSR count). The average Bonchev–Trinajstić information content (AvgIpc) is 3.45. The highest BCUT2D eigenvalue weighted by Gasteiger charge is 2.18. The summed E-state index contributed by atoms with van der Waals surface area (Å²) in [6, 6.07) is 39.5. The standard InChI is InChI=1S/C32H18ClNS/c33-26-11-5-10-24-25-18-21(14-17-29(25)35-32(24)26)34-27-15-12-19-6-1-3-8-22(19)30(27)31-23-9-4-2-7-20(23)13-16-28(31)34/h1-18H. The fourth-order valence-electron chi connectivity index (χ4n) is 5.72. The van der Waals surface area contributed by atoms with Crippen molar-refractivity contribution in [3.63, 3.8) is 0 Å². The second-order valence-electron chi connectivity index (χ2n) is 9.10. The van der Waals surface area contributed by atoms with Crippen molar-refractivity contribution < 1.29 is 0 Å². The van der Waals surface area contributed by atoms with E-state index in [1.807, 2.05) is 12.1 Å². The molecule has 0 saturated carbocycles. The van der Waals surface area contributed by atoms with E-state index in [0.717, 1.165) is 9.72 Å². The first kappa shape index (κ1) is 19.5. The van der Waals surface area contributed by atoms with E-state index >= 15 is 0 Å². The predicted molar refractivity (Wildman–Crippen MR) is 154 cm³/mol. The summed E-state index contributed by atoms with van der Waals surface area (Å²) in [4.78, 5) is 0. The molecule has 0 bridgehead atoms. The first-order valence-corrected chi connectivity index (χ1v) is 12.9. The van der Waals surface area contributed by atoms with Crippen LogP contribution in [-0.2, 0) is 0 Å². The predicted octanol–water partition coefficient (Wildman–Crippen LogP) is 10.1. The number of benzene rings is 6. The van der Waals surface area contributed by atoms with Gasteiger partial charge in [0.15, 0.2) is 0 Å². The van der Waals surface area contributed by atoms with Crippen LogP contribution in [0.5, 0.6) is 0 Å². The third-order valence-electron chi connectivity index (χ3n) is 7.24. The van der Waals surface area contributed by atoms with Crippen molar-refractivity contribution in [2.24, 2.45) is 0 Å². The fourth-order valence-corrected chi connectivity index (χ4v) is 7.10. The van der Waals surface area contributed by atoms with Crippen molar-refractivity contribution in [2.75, 3.05) is 0 Å². The second kappa shape index (κ2) is 7.08. The number of fused-ring (bicyclic) bond motifs is 10. The van der Waals surface area contributed by atoms with Crippen LogP contribution in [0.25, 0.3) is 69.2 Å². The molecule has 0 saturated heterocycles. The SMILES string of the molecule is Clc1cccc2c1sc1ccc(-n3c4ccc5ccccc5c4c4c5ccccc5ccc43)cc12. The van der Waals surface area contributed by atoms with Crippen molar-refractivity contribution in [1.29, 1.82) is 0 Å². The van der Waals surface area contributed by atoms with Crippen LogP contribution in [-0.4, -0.2) is 4.57 Å². The number of hydrogen-bond donors (Lipinski definition) is 0. The first-order chi connectivity index (χ1) is 17.3. The Labute approximate surface area is 210 Å². The number of nitrogens with zero attached hydrogens (tertiary/aromatic N) is 1. The molecule has 0 radical (unpaired) electrons. The molecule has 0 aliphatic rings. The molecular weight excluding hydrogens is 466 g/mol. The van der Waals surface area contributed by atoms with Gasteiger partial charge in [0.2, 0.25) is 0 Å². The Kier molecular flexibility index (Phi) is 3.94. The molecular formula is C32H18ClNS. The van der Waals surface area contributed by atoms with Crippen LogP contribution in [0.15, 0.2) is 109 Å². The number of halogens is 1. The van der Waals surface area contributed by atoms with E-state index in [1.54, 1.807) is 11.3 Å². The van der Waals surface area contributed by atoms with Crippen molar-refractivity contribution >= 4 is 86.5 Å². The molecule has 0 N–H and O–H groups in total. The molecule has 0 aliphatic heterocycles. The summed E-state index contributed by atoms with van der Waals surface area (Å²) in [5.41, 5.74) is 3.63. The lowest BCUT2D eigenvalue weighted by Crippen LogP contribution is -1.93. The Morgan fingerprint density at radius 1 is 0.543 bits per heavy atom. The van der Waals surface area contributed by atoms with Crippen LogP contribution >= 0.6 is 22.9 Å². The summed E-state index contributed by atoms with van der Waals surface area (Å²) in [5.74, 6) is 0. The Morgan fingerprint density at radius 2 is 1.17 bits per heavy atom. The lowest BCUT2D eigenvalue weighted by molar-refractivity contribution is 1.19. The van der Waals surface area contributed by atoms with Gasteiger partial charge in [0.25, 0.3) is 0 Å². The smallest absolute Gasteiger partial charge is 0.0584 e. The minimum atomic E-state index is 0.819. The molecule has 0 spiro atoms. The van der Waals surface area contributed by atoms with Crippen LogP contribution in [0, 0.1) is 0 Å². The van der Waals surface area contributed by atoms with Gasteiger partial charge < -0.3 is 4.57 Å². The first-order valence-electron chi connectivity index (χ1n) is 11.7. The quantitative estimate of drug-likeness (QED) is 0.219. The Balaban J connectivity index is 1.58. The molecule has 2 aromatic heterocycles. The molecule has 0 atom stereocenters. The van der Waals surface area contributed by atoms with Crippen LogP contribution in [0.3, 0.4) is 0 Å². The molecule has 6 aromatic carbocycles. The van der Waals surface area contributed by atoms with Gasteiger partial charge in [-0.05, 0) is 57.9 Å². The minimum Gasteiger partial charge on any atom is -0.309 e. The van der Waals surface area contributed by atoms with Gasteiger partial charge in [-0.1, -0.05) is 84.4 Å². The van der Waals surface area contributed by atoms with E-state index in [-0.39, 0.29) is 0 Å². The highest BCUT2D eigenvalue weighted by atomic mass is 35.5. The molecule has 35 heavy (non-hydrogen) atoms. The van der Waals surface area contributed by atoms with Crippen molar-refractivity contribution in [1.82, 2.24) is 4.57 Å². The highest BCUT2D eigenvalue weighted by Crippen LogP contribution is 2.42. The zero-order valence-corrected chi connectivity index (χ0v) is 20.2. The third-order valence-corrected chi connectivity index (χ3v) is 8.88. The summed E-state index contributed by atoms with van der Waals surface area (Å²) >= 11 is 8.30. The van der Waals surface area contributed by atoms with Crippen LogP contribution in [0.2, 0.25) is 5.02 Å². The van der Waals surface area contributed by atoms with E-state index in [4.69, 9.17) is 11.6 Å². The zero-order valence-electron chi connectivity index (χ0n) is 18.6. The molecule has 0 fully saturated rings. The normalized spacial score (nSPS) is 12.1. The van der Waals surface area contributed by atoms with E-state index in [1.165, 1.54) is 64.5 Å². The largest absolute Gasteiger partial charge is 0.309 e. The molecule has 2 heterocycles. The van der Waals surface area contributed by atoms with Crippen LogP contribution in [0.4, 0.5) is 0 Å². The summed E-state index contributed by atoms with van der Waals surface area (Å²) in [5, 5.41) is 11.0. The topological polar surface area (TPSA) is 4.93 Å². The maximum absolute atomic E-state index is 6.54. The van der Waals surface area contributed by atoms with Gasteiger partial charge in [0.1, 0.15) is 0 Å². The molecule has 0 amide bonds. The lowest BCUT2D eigenvalue weighted by atomic mass is 10.00. The molecule has 0 aliphatic carbocycles. The third kappa shape index (κ3) is 2.64. The average molecular weight is 484 g/mol. The monoisotopic (exact) mass is 483 g/mol. The second-order valence-corrected chi connectivity index (χ2v) is 10.6. The molecule has 8 aromatic rings. The minimum absolute atomic E-state index is 0.819. The number of hydrogen-bond acceptors (Lipinski definition) is 1. The maximum Gasteiger partial charge on any atom is 0.0584 e. The lowest BCUT2D eigenvalue weighted by Gasteiger charge is -2.09. The Hall–Kier alpha value is -3.85. The van der Waals surface area contributed by atoms with Crippen LogP contribution in [0.1, 0.15) is 0 Å². The van der Waals surface area contributed by atoms with Crippen molar-refractivity contribution in [3.8, 4) is 5.69 Å². The molecule has 0 unspecified atom stereocenters. The van der Waals surface area contributed by atoms with E-state index in [0.29, 0.717) is 0 Å². The van der Waals surface area contributed by atoms with Crippen molar-refractivity contribution in [3.05, 3.63) is 114 Å². The van der Waals surface area contributed by atoms with Gasteiger partial charge in [-0.3, -0.25) is 0 Å². The summed E-state index contributed by atoms with van der Waals surface area (Å²) < 4.78 is 4.84. The van der Waals surface area contributed by atoms with Gasteiger partial charge in [0.05, 0.1) is 20.8 Å². The molecule has 1 nitrogen and oxygen atoms in total. The van der Waals surface area contributed by atoms with Crippen molar-refractivity contribution in [2.45, 2.75) is 0 Å². The van der Waals surface area contributed by atoms with Gasteiger partial charge in [-0.15, -0.1) is 11.3 Å². The summed E-state index contributed by atoms with van der Waals surface area (Å²) in [6.45, 7) is 0. The zero-order chi connectivity index (χ0) is 23.1. The maximum atomic E-state index is 6.54. The Morgan fingerprint density at radius 3 is 1.86 bits per heavy atom. The van der Waals surface area contributed by atoms with Gasteiger partial charge in [0, 0.05) is 31.9 Å². The molecule has 164 valence electrons. The number of aromatic nitrogens is 1. The highest BCUT2D eigenvalue weighted by molar-refractivity contribution is 7.26. The van der Waals surface area contributed by atoms with Gasteiger partial charge in [-0.2, -0.15) is 0 Å².